The Balaban J connectivity index is 1.34. The average Bonchev–Trinajstić information content (AvgIpc) is 3.23. The number of carbonyl (C=O) groups excluding carboxylic acids is 1. The van der Waals surface area contributed by atoms with E-state index in [1.54, 1.807) is 7.11 Å². The first kappa shape index (κ1) is 19.1. The van der Waals surface area contributed by atoms with Gasteiger partial charge in [-0.05, 0) is 43.7 Å². The van der Waals surface area contributed by atoms with Gasteiger partial charge in [-0.15, -0.1) is 0 Å². The van der Waals surface area contributed by atoms with Crippen molar-refractivity contribution in [1.29, 1.82) is 0 Å². The maximum Gasteiger partial charge on any atom is 0.241 e. The van der Waals surface area contributed by atoms with Crippen molar-refractivity contribution in [3.63, 3.8) is 0 Å². The van der Waals surface area contributed by atoms with E-state index in [1.165, 1.54) is 0 Å². The lowest BCUT2D eigenvalue weighted by Crippen LogP contribution is -2.40. The molecule has 2 heterocycles. The molecule has 29 heavy (non-hydrogen) atoms. The number of anilines is 1. The quantitative estimate of drug-likeness (QED) is 0.690. The molecule has 1 amide bonds. The molecule has 4 rings (SSSR count). The molecule has 0 radical (unpaired) electrons. The van der Waals surface area contributed by atoms with Crippen LogP contribution in [0.15, 0.2) is 59.1 Å². The van der Waals surface area contributed by atoms with Crippen molar-refractivity contribution in [2.45, 2.75) is 19.4 Å². The number of hydrogen-bond acceptors (Lipinski definition) is 6. The van der Waals surface area contributed by atoms with Gasteiger partial charge in [0.2, 0.25) is 17.6 Å². The summed E-state index contributed by atoms with van der Waals surface area (Å²) < 4.78 is 10.6. The largest absolute Gasteiger partial charge is 0.497 e. The molecule has 1 aliphatic rings. The topological polar surface area (TPSA) is 80.5 Å². The summed E-state index contributed by atoms with van der Waals surface area (Å²) in [6.07, 6.45) is 1.83. The highest BCUT2D eigenvalue weighted by Crippen LogP contribution is 2.22. The van der Waals surface area contributed by atoms with E-state index in [-0.39, 0.29) is 11.8 Å². The van der Waals surface area contributed by atoms with Crippen LogP contribution < -0.4 is 10.1 Å². The van der Waals surface area contributed by atoms with Crippen LogP contribution in [-0.2, 0) is 11.3 Å². The van der Waals surface area contributed by atoms with Gasteiger partial charge in [-0.25, -0.2) is 0 Å². The molecular formula is C22H24N4O3. The minimum absolute atomic E-state index is 0.0374. The van der Waals surface area contributed by atoms with Crippen molar-refractivity contribution in [3.8, 4) is 17.1 Å². The molecule has 0 bridgehead atoms. The highest BCUT2D eigenvalue weighted by atomic mass is 16.5. The van der Waals surface area contributed by atoms with Gasteiger partial charge in [0.1, 0.15) is 5.75 Å². The minimum atomic E-state index is -0.0673. The lowest BCUT2D eigenvalue weighted by Gasteiger charge is -2.30. The molecule has 0 spiro atoms. The molecule has 1 atom stereocenters. The third-order valence-electron chi connectivity index (χ3n) is 5.09. The number of ether oxygens (including phenoxy) is 1. The number of aromatic nitrogens is 2. The maximum atomic E-state index is 12.7. The lowest BCUT2D eigenvalue weighted by molar-refractivity contribution is -0.121. The van der Waals surface area contributed by atoms with E-state index in [0.29, 0.717) is 24.8 Å². The van der Waals surface area contributed by atoms with E-state index < -0.39 is 0 Å². The number of methoxy groups -OCH3 is 1. The summed E-state index contributed by atoms with van der Waals surface area (Å²) >= 11 is 0. The zero-order valence-corrected chi connectivity index (χ0v) is 16.4. The average molecular weight is 392 g/mol. The van der Waals surface area contributed by atoms with Crippen LogP contribution in [0.2, 0.25) is 0 Å². The molecule has 0 aliphatic carbocycles. The second kappa shape index (κ2) is 8.87. The number of benzene rings is 2. The van der Waals surface area contributed by atoms with Crippen molar-refractivity contribution in [3.05, 3.63) is 60.5 Å². The third-order valence-corrected chi connectivity index (χ3v) is 5.09. The first-order valence-electron chi connectivity index (χ1n) is 9.76. The Hall–Kier alpha value is -3.19. The van der Waals surface area contributed by atoms with Gasteiger partial charge in [-0.1, -0.05) is 35.5 Å². The van der Waals surface area contributed by atoms with Crippen LogP contribution in [0.4, 0.5) is 5.69 Å². The van der Waals surface area contributed by atoms with Gasteiger partial charge >= 0.3 is 0 Å². The first-order chi connectivity index (χ1) is 14.2. The van der Waals surface area contributed by atoms with Gasteiger partial charge in [0.05, 0.1) is 19.6 Å². The minimum Gasteiger partial charge on any atom is -0.497 e. The van der Waals surface area contributed by atoms with E-state index in [4.69, 9.17) is 9.26 Å². The summed E-state index contributed by atoms with van der Waals surface area (Å²) in [5.41, 5.74) is 1.70. The number of nitrogens with one attached hydrogen (secondary N) is 1. The van der Waals surface area contributed by atoms with E-state index in [0.717, 1.165) is 36.4 Å². The van der Waals surface area contributed by atoms with Crippen LogP contribution in [0.5, 0.6) is 5.75 Å². The highest BCUT2D eigenvalue weighted by molar-refractivity contribution is 5.92. The molecule has 1 aliphatic heterocycles. The second-order valence-corrected chi connectivity index (χ2v) is 7.17. The maximum absolute atomic E-state index is 12.7. The van der Waals surface area contributed by atoms with Crippen molar-refractivity contribution in [2.75, 3.05) is 25.5 Å². The van der Waals surface area contributed by atoms with E-state index in [1.807, 2.05) is 54.6 Å². The van der Waals surface area contributed by atoms with Crippen LogP contribution in [0.1, 0.15) is 18.7 Å². The first-order valence-corrected chi connectivity index (χ1v) is 9.76. The van der Waals surface area contributed by atoms with E-state index in [9.17, 15) is 4.79 Å². The predicted molar refractivity (Wildman–Crippen MR) is 109 cm³/mol. The van der Waals surface area contributed by atoms with Crippen LogP contribution >= 0.6 is 0 Å². The summed E-state index contributed by atoms with van der Waals surface area (Å²) in [5.74, 6) is 1.89. The van der Waals surface area contributed by atoms with Gasteiger partial charge in [0.15, 0.2) is 0 Å². The van der Waals surface area contributed by atoms with Gasteiger partial charge in [0.25, 0.3) is 0 Å². The summed E-state index contributed by atoms with van der Waals surface area (Å²) in [5, 5.41) is 7.07. The summed E-state index contributed by atoms with van der Waals surface area (Å²) in [6.45, 7) is 2.13. The van der Waals surface area contributed by atoms with Crippen molar-refractivity contribution in [2.24, 2.45) is 5.92 Å². The standard InChI is InChI=1S/C22H24N4O3/c1-28-19-11-9-18(10-12-19)23-22(27)17-8-5-13-26(14-17)15-20-24-21(25-29-20)16-6-3-2-4-7-16/h2-4,6-7,9-12,17H,5,8,13-15H2,1H3,(H,23,27). The molecule has 1 fully saturated rings. The molecule has 3 aromatic rings. The molecule has 7 heteroatoms. The van der Waals surface area contributed by atoms with Crippen LogP contribution in [0, 0.1) is 5.92 Å². The lowest BCUT2D eigenvalue weighted by atomic mass is 9.97. The Morgan fingerprint density at radius 1 is 1.21 bits per heavy atom. The molecule has 150 valence electrons. The number of carbonyl (C=O) groups is 1. The zero-order chi connectivity index (χ0) is 20.1. The summed E-state index contributed by atoms with van der Waals surface area (Å²) in [4.78, 5) is 19.4. The number of likely N-dealkylation sites (tertiary alicyclic amines) is 1. The normalized spacial score (nSPS) is 17.1. The molecule has 1 N–H and O–H groups in total. The fourth-order valence-electron chi connectivity index (χ4n) is 3.55. The summed E-state index contributed by atoms with van der Waals surface area (Å²) in [6, 6.07) is 17.1. The number of piperidine rings is 1. The van der Waals surface area contributed by atoms with Gasteiger partial charge < -0.3 is 14.6 Å². The molecule has 1 unspecified atom stereocenters. The fraction of sp³-hybridized carbons (Fsp3) is 0.318. The third kappa shape index (κ3) is 4.81. The van der Waals surface area contributed by atoms with Gasteiger partial charge in [-0.2, -0.15) is 4.98 Å². The monoisotopic (exact) mass is 392 g/mol. The Kier molecular flexibility index (Phi) is 5.86. The van der Waals surface area contributed by atoms with Crippen molar-refractivity contribution in [1.82, 2.24) is 15.0 Å². The highest BCUT2D eigenvalue weighted by Gasteiger charge is 2.27. The van der Waals surface area contributed by atoms with Crippen LogP contribution in [-0.4, -0.2) is 41.1 Å². The molecule has 1 aromatic heterocycles. The molecule has 2 aromatic carbocycles. The van der Waals surface area contributed by atoms with Crippen molar-refractivity contribution >= 4 is 11.6 Å². The van der Waals surface area contributed by atoms with E-state index in [2.05, 4.69) is 20.4 Å². The van der Waals surface area contributed by atoms with Crippen molar-refractivity contribution < 1.29 is 14.1 Å². The summed E-state index contributed by atoms with van der Waals surface area (Å²) in [7, 11) is 1.62. The Morgan fingerprint density at radius 3 is 2.76 bits per heavy atom. The number of rotatable bonds is 6. The number of nitrogens with zero attached hydrogens (tertiary/aromatic N) is 3. The molecule has 7 nitrogen and oxygen atoms in total. The SMILES string of the molecule is COc1ccc(NC(=O)C2CCCN(Cc3nc(-c4ccccc4)no3)C2)cc1. The fourth-order valence-corrected chi connectivity index (χ4v) is 3.55. The second-order valence-electron chi connectivity index (χ2n) is 7.17. The van der Waals surface area contributed by atoms with Gasteiger partial charge in [0, 0.05) is 17.8 Å². The number of amides is 1. The smallest absolute Gasteiger partial charge is 0.241 e. The molecule has 1 saturated heterocycles. The Morgan fingerprint density at radius 2 is 2.00 bits per heavy atom. The van der Waals surface area contributed by atoms with Crippen LogP contribution in [0.25, 0.3) is 11.4 Å². The molecular weight excluding hydrogens is 368 g/mol. The Labute approximate surface area is 169 Å². The predicted octanol–water partition coefficient (Wildman–Crippen LogP) is 3.60. The van der Waals surface area contributed by atoms with Crippen LogP contribution in [0.3, 0.4) is 0 Å². The van der Waals surface area contributed by atoms with E-state index >= 15 is 0 Å². The molecule has 0 saturated carbocycles. The van der Waals surface area contributed by atoms with Gasteiger partial charge in [-0.3, -0.25) is 9.69 Å². The Bertz CT molecular complexity index is 940. The number of hydrogen-bond donors (Lipinski definition) is 1. The zero-order valence-electron chi connectivity index (χ0n) is 16.4.